The van der Waals surface area contributed by atoms with Crippen molar-refractivity contribution in [2.75, 3.05) is 61.4 Å². The highest BCUT2D eigenvalue weighted by Crippen LogP contribution is 2.34. The highest BCUT2D eigenvalue weighted by Gasteiger charge is 2.26. The summed E-state index contributed by atoms with van der Waals surface area (Å²) in [6.07, 6.45) is 1.20. The van der Waals surface area contributed by atoms with Crippen molar-refractivity contribution in [3.63, 3.8) is 0 Å². The van der Waals surface area contributed by atoms with Crippen LogP contribution in [-0.2, 0) is 14.8 Å². The Bertz CT molecular complexity index is 1050. The molecule has 2 aliphatic heterocycles. The topological polar surface area (TPSA) is 82.2 Å². The maximum absolute atomic E-state index is 13.0. The van der Waals surface area contributed by atoms with Gasteiger partial charge in [-0.3, -0.25) is 9.52 Å². The number of sulfonamides is 1. The van der Waals surface area contributed by atoms with Crippen LogP contribution in [0.5, 0.6) is 5.75 Å². The van der Waals surface area contributed by atoms with E-state index in [0.29, 0.717) is 30.1 Å². The fourth-order valence-corrected chi connectivity index (χ4v) is 5.05. The third-order valence-corrected chi connectivity index (χ3v) is 7.19. The summed E-state index contributed by atoms with van der Waals surface area (Å²) >= 11 is 0. The first kappa shape index (κ1) is 21.5. The molecule has 0 saturated carbocycles. The van der Waals surface area contributed by atoms with Gasteiger partial charge in [-0.05, 0) is 55.9 Å². The predicted molar refractivity (Wildman–Crippen MR) is 122 cm³/mol. The molecule has 2 aliphatic rings. The van der Waals surface area contributed by atoms with E-state index >= 15 is 0 Å². The van der Waals surface area contributed by atoms with Gasteiger partial charge in [-0.2, -0.15) is 0 Å². The molecule has 31 heavy (non-hydrogen) atoms. The standard InChI is InChI=1S/C22H28N4O4S/c1-24-12-14-25(15-13-24)18-7-5-17(6-8-18)23-31(28,29)19-9-10-21(30-2)20(16-19)26-11-3-4-22(26)27/h5-10,16,23H,3-4,11-15H2,1-2H3. The largest absolute Gasteiger partial charge is 0.495 e. The minimum Gasteiger partial charge on any atom is -0.495 e. The molecule has 0 aromatic heterocycles. The van der Waals surface area contributed by atoms with Crippen molar-refractivity contribution < 1.29 is 17.9 Å². The molecule has 4 rings (SSSR count). The van der Waals surface area contributed by atoms with Gasteiger partial charge in [0, 0.05) is 50.5 Å². The zero-order valence-corrected chi connectivity index (χ0v) is 18.7. The summed E-state index contributed by atoms with van der Waals surface area (Å²) < 4.78 is 34.0. The summed E-state index contributed by atoms with van der Waals surface area (Å²) in [6.45, 7) is 4.47. The lowest BCUT2D eigenvalue weighted by Gasteiger charge is -2.34. The summed E-state index contributed by atoms with van der Waals surface area (Å²) in [4.78, 5) is 18.4. The lowest BCUT2D eigenvalue weighted by molar-refractivity contribution is -0.117. The van der Waals surface area contributed by atoms with Gasteiger partial charge in [0.2, 0.25) is 5.91 Å². The first-order valence-corrected chi connectivity index (χ1v) is 11.9. The number of benzene rings is 2. The number of carbonyl (C=O) groups excluding carboxylic acids is 1. The minimum absolute atomic E-state index is 0.0275. The van der Waals surface area contributed by atoms with Crippen LogP contribution in [0.25, 0.3) is 0 Å². The van der Waals surface area contributed by atoms with E-state index in [0.717, 1.165) is 38.3 Å². The maximum atomic E-state index is 13.0. The molecule has 0 bridgehead atoms. The average Bonchev–Trinajstić information content (AvgIpc) is 3.20. The van der Waals surface area contributed by atoms with Crippen LogP contribution in [0.4, 0.5) is 17.1 Å². The average molecular weight is 445 g/mol. The van der Waals surface area contributed by atoms with E-state index in [1.807, 2.05) is 12.1 Å². The predicted octanol–water partition coefficient (Wildman–Crippen LogP) is 2.37. The SMILES string of the molecule is COc1ccc(S(=O)(=O)Nc2ccc(N3CCN(C)CC3)cc2)cc1N1CCCC1=O. The fraction of sp³-hybridized carbons (Fsp3) is 0.409. The Labute approximate surface area is 183 Å². The quantitative estimate of drug-likeness (QED) is 0.737. The van der Waals surface area contributed by atoms with Crippen molar-refractivity contribution in [2.24, 2.45) is 0 Å². The number of anilines is 3. The lowest BCUT2D eigenvalue weighted by Crippen LogP contribution is -2.44. The van der Waals surface area contributed by atoms with Crippen molar-refractivity contribution in [1.82, 2.24) is 4.90 Å². The third kappa shape index (κ3) is 4.62. The number of amides is 1. The first-order valence-electron chi connectivity index (χ1n) is 10.4. The molecule has 1 amide bonds. The van der Waals surface area contributed by atoms with Crippen molar-refractivity contribution in [2.45, 2.75) is 17.7 Å². The van der Waals surface area contributed by atoms with E-state index in [9.17, 15) is 13.2 Å². The molecule has 0 spiro atoms. The molecule has 2 aromatic rings. The molecular weight excluding hydrogens is 416 g/mol. The molecule has 0 aliphatic carbocycles. The van der Waals surface area contributed by atoms with Crippen LogP contribution in [-0.4, -0.2) is 66.1 Å². The molecule has 0 unspecified atom stereocenters. The Balaban J connectivity index is 1.53. The number of hydrogen-bond acceptors (Lipinski definition) is 6. The summed E-state index contributed by atoms with van der Waals surface area (Å²) in [5.74, 6) is 0.450. The highest BCUT2D eigenvalue weighted by molar-refractivity contribution is 7.92. The summed E-state index contributed by atoms with van der Waals surface area (Å²) in [6, 6.07) is 12.0. The lowest BCUT2D eigenvalue weighted by atomic mass is 10.2. The smallest absolute Gasteiger partial charge is 0.261 e. The highest BCUT2D eigenvalue weighted by atomic mass is 32.2. The second kappa shape index (κ2) is 8.76. The van der Waals surface area contributed by atoms with Crippen LogP contribution >= 0.6 is 0 Å². The molecule has 2 fully saturated rings. The monoisotopic (exact) mass is 444 g/mol. The zero-order valence-electron chi connectivity index (χ0n) is 17.9. The molecule has 8 nitrogen and oxygen atoms in total. The number of ether oxygens (including phenoxy) is 1. The van der Waals surface area contributed by atoms with E-state index in [4.69, 9.17) is 4.74 Å². The van der Waals surface area contributed by atoms with Gasteiger partial charge in [0.25, 0.3) is 10.0 Å². The summed E-state index contributed by atoms with van der Waals surface area (Å²) in [5.41, 5.74) is 2.06. The number of nitrogens with one attached hydrogen (secondary N) is 1. The van der Waals surface area contributed by atoms with Gasteiger partial charge in [-0.25, -0.2) is 8.42 Å². The Hall–Kier alpha value is -2.78. The maximum Gasteiger partial charge on any atom is 0.261 e. The number of likely N-dealkylation sites (N-methyl/N-ethyl adjacent to an activating group) is 1. The van der Waals surface area contributed by atoms with Crippen LogP contribution < -0.4 is 19.3 Å². The van der Waals surface area contributed by atoms with E-state index in [1.54, 1.807) is 23.1 Å². The van der Waals surface area contributed by atoms with E-state index in [-0.39, 0.29) is 10.8 Å². The fourth-order valence-electron chi connectivity index (χ4n) is 3.97. The van der Waals surface area contributed by atoms with Crippen molar-refractivity contribution in [1.29, 1.82) is 0 Å². The van der Waals surface area contributed by atoms with Gasteiger partial charge in [0.1, 0.15) is 5.75 Å². The van der Waals surface area contributed by atoms with Gasteiger partial charge in [-0.1, -0.05) is 0 Å². The van der Waals surface area contributed by atoms with Crippen LogP contribution in [0.2, 0.25) is 0 Å². The molecule has 9 heteroatoms. The molecule has 0 atom stereocenters. The van der Waals surface area contributed by atoms with Gasteiger partial charge < -0.3 is 19.4 Å². The van der Waals surface area contributed by atoms with Crippen LogP contribution in [0.1, 0.15) is 12.8 Å². The zero-order chi connectivity index (χ0) is 22.0. The van der Waals surface area contributed by atoms with E-state index < -0.39 is 10.0 Å². The summed E-state index contributed by atoms with van der Waals surface area (Å²) in [5, 5.41) is 0. The number of methoxy groups -OCH3 is 1. The second-order valence-corrected chi connectivity index (χ2v) is 9.61. The Kier molecular flexibility index (Phi) is 6.06. The normalized spacial score (nSPS) is 17.8. The Morgan fingerprint density at radius 3 is 2.29 bits per heavy atom. The van der Waals surface area contributed by atoms with Gasteiger partial charge >= 0.3 is 0 Å². The number of nitrogens with zero attached hydrogens (tertiary/aromatic N) is 3. The van der Waals surface area contributed by atoms with Gasteiger partial charge in [-0.15, -0.1) is 0 Å². The van der Waals surface area contributed by atoms with Crippen molar-refractivity contribution in [3.8, 4) is 5.75 Å². The van der Waals surface area contributed by atoms with Gasteiger partial charge in [0.15, 0.2) is 0 Å². The van der Waals surface area contributed by atoms with Gasteiger partial charge in [0.05, 0.1) is 17.7 Å². The number of carbonyl (C=O) groups is 1. The minimum atomic E-state index is -3.82. The van der Waals surface area contributed by atoms with E-state index in [2.05, 4.69) is 21.6 Å². The Morgan fingerprint density at radius 2 is 1.68 bits per heavy atom. The summed E-state index contributed by atoms with van der Waals surface area (Å²) in [7, 11) is -0.198. The van der Waals surface area contributed by atoms with Crippen molar-refractivity contribution >= 4 is 33.0 Å². The molecule has 0 radical (unpaired) electrons. The van der Waals surface area contributed by atoms with E-state index in [1.165, 1.54) is 19.2 Å². The second-order valence-electron chi connectivity index (χ2n) is 7.93. The number of hydrogen-bond donors (Lipinski definition) is 1. The molecular formula is C22H28N4O4S. The van der Waals surface area contributed by atoms with Crippen molar-refractivity contribution in [3.05, 3.63) is 42.5 Å². The van der Waals surface area contributed by atoms with Crippen LogP contribution in [0.15, 0.2) is 47.4 Å². The number of piperazine rings is 1. The first-order chi connectivity index (χ1) is 14.9. The van der Waals surface area contributed by atoms with Crippen LogP contribution in [0.3, 0.4) is 0 Å². The molecule has 1 N–H and O–H groups in total. The molecule has 2 saturated heterocycles. The third-order valence-electron chi connectivity index (χ3n) is 5.81. The van der Waals surface area contributed by atoms with Crippen LogP contribution in [0, 0.1) is 0 Å². The molecule has 166 valence electrons. The Morgan fingerprint density at radius 1 is 0.968 bits per heavy atom. The molecule has 2 aromatic carbocycles. The number of rotatable bonds is 6. The molecule has 2 heterocycles.